The molecule has 1 aliphatic heterocycles. The zero-order chi connectivity index (χ0) is 17.8. The number of aryl methyl sites for hydroxylation is 1. The average Bonchev–Trinajstić information content (AvgIpc) is 3.11. The number of nitrogens with one attached hydrogen (secondary N) is 1. The normalized spacial score (nSPS) is 15.4. The number of piperidine rings is 1. The molecule has 5 heteroatoms. The number of carbonyl (C=O) groups is 1. The van der Waals surface area contributed by atoms with Gasteiger partial charge in [-0.2, -0.15) is 0 Å². The van der Waals surface area contributed by atoms with E-state index < -0.39 is 0 Å². The third-order valence-corrected chi connectivity index (χ3v) is 4.61. The summed E-state index contributed by atoms with van der Waals surface area (Å²) in [6.45, 7) is 7.55. The van der Waals surface area contributed by atoms with Gasteiger partial charge >= 0.3 is 6.03 Å². The number of carbonyl (C=O) groups excluding carboxylic acids is 1. The Balaban J connectivity index is 1.56. The number of ether oxygens (including phenoxy) is 1. The molecule has 1 N–H and O–H groups in total. The lowest BCUT2D eigenvalue weighted by atomic mass is 10.1. The molecule has 0 atom stereocenters. The summed E-state index contributed by atoms with van der Waals surface area (Å²) in [5.41, 5.74) is 1.85. The molecule has 134 valence electrons. The van der Waals surface area contributed by atoms with Crippen molar-refractivity contribution in [2.45, 2.75) is 45.8 Å². The van der Waals surface area contributed by atoms with Crippen LogP contribution in [0.15, 0.2) is 42.7 Å². The Hall–Kier alpha value is -2.43. The maximum Gasteiger partial charge on any atom is 0.321 e. The fraction of sp³-hybridized carbons (Fsp3) is 0.450. The van der Waals surface area contributed by atoms with Crippen LogP contribution in [0.5, 0.6) is 5.75 Å². The van der Waals surface area contributed by atoms with Crippen molar-refractivity contribution in [1.82, 2.24) is 9.47 Å². The van der Waals surface area contributed by atoms with E-state index in [1.807, 2.05) is 43.9 Å². The molecule has 0 aliphatic carbocycles. The van der Waals surface area contributed by atoms with E-state index in [0.29, 0.717) is 6.04 Å². The van der Waals surface area contributed by atoms with Crippen LogP contribution < -0.4 is 10.1 Å². The number of aromatic nitrogens is 1. The number of benzene rings is 1. The van der Waals surface area contributed by atoms with Crippen LogP contribution in [-0.2, 0) is 0 Å². The number of hydrogen-bond donors (Lipinski definition) is 1. The van der Waals surface area contributed by atoms with E-state index in [0.717, 1.165) is 42.9 Å². The van der Waals surface area contributed by atoms with Crippen molar-refractivity contribution in [1.29, 1.82) is 0 Å². The Morgan fingerprint density at radius 3 is 2.48 bits per heavy atom. The lowest BCUT2D eigenvalue weighted by Crippen LogP contribution is -2.41. The number of amides is 2. The molecule has 5 nitrogen and oxygen atoms in total. The summed E-state index contributed by atoms with van der Waals surface area (Å²) < 4.78 is 7.94. The van der Waals surface area contributed by atoms with Gasteiger partial charge < -0.3 is 19.5 Å². The molecular weight excluding hydrogens is 314 g/mol. The Bertz CT molecular complexity index is 702. The van der Waals surface area contributed by atoms with Gasteiger partial charge in [-0.05, 0) is 69.5 Å². The van der Waals surface area contributed by atoms with E-state index in [1.54, 1.807) is 0 Å². The molecule has 1 aromatic carbocycles. The van der Waals surface area contributed by atoms with E-state index in [9.17, 15) is 4.79 Å². The zero-order valence-corrected chi connectivity index (χ0v) is 15.2. The first-order chi connectivity index (χ1) is 12.0. The van der Waals surface area contributed by atoms with Gasteiger partial charge in [0.1, 0.15) is 5.75 Å². The molecule has 0 bridgehead atoms. The summed E-state index contributed by atoms with van der Waals surface area (Å²) in [5.74, 6) is 0.832. The topological polar surface area (TPSA) is 46.5 Å². The van der Waals surface area contributed by atoms with Crippen molar-refractivity contribution in [3.8, 4) is 5.75 Å². The quantitative estimate of drug-likeness (QED) is 0.893. The van der Waals surface area contributed by atoms with Gasteiger partial charge in [0, 0.05) is 37.2 Å². The SMILES string of the molecule is Cc1cc(OC(C)C)ccc1NC(=O)N1CCC(n2cccc2)CC1. The van der Waals surface area contributed by atoms with Crippen LogP contribution >= 0.6 is 0 Å². The number of anilines is 1. The van der Waals surface area contributed by atoms with Crippen molar-refractivity contribution in [3.63, 3.8) is 0 Å². The molecule has 0 radical (unpaired) electrons. The highest BCUT2D eigenvalue weighted by Crippen LogP contribution is 2.25. The lowest BCUT2D eigenvalue weighted by Gasteiger charge is -2.33. The fourth-order valence-corrected chi connectivity index (χ4v) is 3.27. The molecule has 1 aromatic heterocycles. The predicted molar refractivity (Wildman–Crippen MR) is 100 cm³/mol. The van der Waals surface area contributed by atoms with Gasteiger partial charge in [-0.3, -0.25) is 0 Å². The van der Waals surface area contributed by atoms with Gasteiger partial charge in [0.25, 0.3) is 0 Å². The largest absolute Gasteiger partial charge is 0.491 e. The van der Waals surface area contributed by atoms with E-state index in [2.05, 4.69) is 34.4 Å². The van der Waals surface area contributed by atoms with E-state index >= 15 is 0 Å². The molecule has 1 aliphatic rings. The molecule has 2 aromatic rings. The van der Waals surface area contributed by atoms with Gasteiger partial charge in [-0.1, -0.05) is 0 Å². The summed E-state index contributed by atoms with van der Waals surface area (Å²) in [6, 6.07) is 10.4. The zero-order valence-electron chi connectivity index (χ0n) is 15.2. The van der Waals surface area contributed by atoms with Crippen LogP contribution in [0.1, 0.15) is 38.3 Å². The second-order valence-corrected chi connectivity index (χ2v) is 6.92. The van der Waals surface area contributed by atoms with Crippen molar-refractivity contribution in [2.75, 3.05) is 18.4 Å². The molecule has 25 heavy (non-hydrogen) atoms. The third kappa shape index (κ3) is 4.35. The summed E-state index contributed by atoms with van der Waals surface area (Å²) in [7, 11) is 0. The molecule has 2 amide bonds. The average molecular weight is 341 g/mol. The van der Waals surface area contributed by atoms with Gasteiger partial charge in [0.2, 0.25) is 0 Å². The highest BCUT2D eigenvalue weighted by atomic mass is 16.5. The van der Waals surface area contributed by atoms with Crippen LogP contribution in [0.2, 0.25) is 0 Å². The predicted octanol–water partition coefficient (Wildman–Crippen LogP) is 4.45. The van der Waals surface area contributed by atoms with Gasteiger partial charge in [0.05, 0.1) is 6.10 Å². The molecule has 0 unspecified atom stereocenters. The molecule has 1 saturated heterocycles. The van der Waals surface area contributed by atoms with Crippen LogP contribution in [0.25, 0.3) is 0 Å². The summed E-state index contributed by atoms with van der Waals surface area (Å²) >= 11 is 0. The minimum Gasteiger partial charge on any atom is -0.491 e. The van der Waals surface area contributed by atoms with Crippen molar-refractivity contribution < 1.29 is 9.53 Å². The van der Waals surface area contributed by atoms with Gasteiger partial charge in [-0.25, -0.2) is 4.79 Å². The van der Waals surface area contributed by atoms with Gasteiger partial charge in [-0.15, -0.1) is 0 Å². The number of likely N-dealkylation sites (tertiary alicyclic amines) is 1. The first kappa shape index (κ1) is 17.4. The number of rotatable bonds is 4. The minimum absolute atomic E-state index is 0.0217. The van der Waals surface area contributed by atoms with Crippen molar-refractivity contribution in [2.24, 2.45) is 0 Å². The first-order valence-electron chi connectivity index (χ1n) is 8.98. The molecule has 0 spiro atoms. The summed E-state index contributed by atoms with van der Waals surface area (Å²) in [6.07, 6.45) is 6.32. The smallest absolute Gasteiger partial charge is 0.321 e. The Labute approximate surface area is 149 Å². The maximum atomic E-state index is 12.6. The maximum absolute atomic E-state index is 12.6. The van der Waals surface area contributed by atoms with Crippen molar-refractivity contribution >= 4 is 11.7 Å². The van der Waals surface area contributed by atoms with Gasteiger partial charge in [0.15, 0.2) is 0 Å². The highest BCUT2D eigenvalue weighted by Gasteiger charge is 2.23. The second-order valence-electron chi connectivity index (χ2n) is 6.92. The molecular formula is C20H27N3O2. The standard InChI is InChI=1S/C20H27N3O2/c1-15(2)25-18-6-7-19(16(3)14-18)21-20(24)23-12-8-17(9-13-23)22-10-4-5-11-22/h4-7,10-11,14-15,17H,8-9,12-13H2,1-3H3,(H,21,24). The van der Waals surface area contributed by atoms with E-state index in [1.165, 1.54) is 0 Å². The molecule has 1 fully saturated rings. The Morgan fingerprint density at radius 2 is 1.88 bits per heavy atom. The summed E-state index contributed by atoms with van der Waals surface area (Å²) in [5, 5.41) is 3.03. The molecule has 3 rings (SSSR count). The van der Waals surface area contributed by atoms with E-state index in [4.69, 9.17) is 4.74 Å². The Kier molecular flexibility index (Phi) is 5.31. The first-order valence-corrected chi connectivity index (χ1v) is 8.98. The number of nitrogens with zero attached hydrogens (tertiary/aromatic N) is 2. The van der Waals surface area contributed by atoms with Crippen molar-refractivity contribution in [3.05, 3.63) is 48.3 Å². The van der Waals surface area contributed by atoms with Crippen LogP contribution in [-0.4, -0.2) is 34.7 Å². The number of urea groups is 1. The second kappa shape index (κ2) is 7.64. The van der Waals surface area contributed by atoms with E-state index in [-0.39, 0.29) is 12.1 Å². The minimum atomic E-state index is -0.0217. The molecule has 2 heterocycles. The fourth-order valence-electron chi connectivity index (χ4n) is 3.27. The monoisotopic (exact) mass is 341 g/mol. The Morgan fingerprint density at radius 1 is 1.20 bits per heavy atom. The van der Waals surface area contributed by atoms with Crippen LogP contribution in [0.3, 0.4) is 0 Å². The lowest BCUT2D eigenvalue weighted by molar-refractivity contribution is 0.184. The number of hydrogen-bond acceptors (Lipinski definition) is 2. The highest BCUT2D eigenvalue weighted by molar-refractivity contribution is 5.90. The summed E-state index contributed by atoms with van der Waals surface area (Å²) in [4.78, 5) is 14.5. The molecule has 0 saturated carbocycles. The third-order valence-electron chi connectivity index (χ3n) is 4.61. The van der Waals surface area contributed by atoms with Crippen LogP contribution in [0, 0.1) is 6.92 Å². The van der Waals surface area contributed by atoms with Crippen LogP contribution in [0.4, 0.5) is 10.5 Å².